The molecule has 0 aromatic heterocycles. The van der Waals surface area contributed by atoms with Gasteiger partial charge in [-0.1, -0.05) is 30.3 Å². The van der Waals surface area contributed by atoms with Crippen molar-refractivity contribution in [3.05, 3.63) is 71.0 Å². The Morgan fingerprint density at radius 1 is 1.00 bits per heavy atom. The van der Waals surface area contributed by atoms with Gasteiger partial charge >= 0.3 is 6.18 Å². The first kappa shape index (κ1) is 14.5. The van der Waals surface area contributed by atoms with Crippen LogP contribution < -0.4 is 5.32 Å². The number of hydrogen-bond acceptors (Lipinski definition) is 1. The van der Waals surface area contributed by atoms with E-state index < -0.39 is 23.6 Å². The van der Waals surface area contributed by atoms with E-state index in [2.05, 4.69) is 5.32 Å². The molecule has 106 valence electrons. The summed E-state index contributed by atoms with van der Waals surface area (Å²) in [5.74, 6) is -0.691. The third kappa shape index (κ3) is 2.99. The van der Waals surface area contributed by atoms with Crippen molar-refractivity contribution >= 4 is 0 Å². The minimum Gasteiger partial charge on any atom is -0.309 e. The lowest BCUT2D eigenvalue weighted by Gasteiger charge is -2.22. The van der Waals surface area contributed by atoms with E-state index >= 15 is 0 Å². The second-order valence-corrected chi connectivity index (χ2v) is 4.36. The number of hydrogen-bond donors (Lipinski definition) is 1. The fourth-order valence-corrected chi connectivity index (χ4v) is 2.18. The molecule has 0 aliphatic rings. The molecule has 0 heterocycles. The van der Waals surface area contributed by atoms with E-state index in [1.807, 2.05) is 0 Å². The highest BCUT2D eigenvalue weighted by Gasteiger charge is 2.35. The Labute approximate surface area is 114 Å². The summed E-state index contributed by atoms with van der Waals surface area (Å²) in [6, 6.07) is 10.4. The van der Waals surface area contributed by atoms with Gasteiger partial charge in [-0.2, -0.15) is 13.2 Å². The zero-order chi connectivity index (χ0) is 14.8. The van der Waals surface area contributed by atoms with Crippen LogP contribution in [-0.2, 0) is 6.18 Å². The van der Waals surface area contributed by atoms with E-state index in [9.17, 15) is 17.6 Å². The molecule has 1 unspecified atom stereocenters. The zero-order valence-corrected chi connectivity index (χ0v) is 10.7. The Bertz CT molecular complexity index is 578. The van der Waals surface area contributed by atoms with Crippen LogP contribution in [0.3, 0.4) is 0 Å². The predicted molar refractivity (Wildman–Crippen MR) is 68.7 cm³/mol. The molecular weight excluding hydrogens is 270 g/mol. The van der Waals surface area contributed by atoms with Gasteiger partial charge in [-0.05, 0) is 36.4 Å². The third-order valence-corrected chi connectivity index (χ3v) is 3.05. The highest BCUT2D eigenvalue weighted by Crippen LogP contribution is 2.36. The number of rotatable bonds is 3. The molecule has 0 amide bonds. The number of alkyl halides is 3. The Kier molecular flexibility index (Phi) is 4.09. The van der Waals surface area contributed by atoms with E-state index in [0.29, 0.717) is 5.56 Å². The molecule has 0 spiro atoms. The molecule has 0 aliphatic heterocycles. The van der Waals surface area contributed by atoms with Gasteiger partial charge in [-0.25, -0.2) is 4.39 Å². The fraction of sp³-hybridized carbons (Fsp3) is 0.200. The van der Waals surface area contributed by atoms with Gasteiger partial charge in [0.2, 0.25) is 0 Å². The summed E-state index contributed by atoms with van der Waals surface area (Å²) in [7, 11) is 1.54. The Morgan fingerprint density at radius 3 is 2.20 bits per heavy atom. The molecule has 0 saturated heterocycles. The molecule has 2 rings (SSSR count). The van der Waals surface area contributed by atoms with Crippen LogP contribution in [0.2, 0.25) is 0 Å². The van der Waals surface area contributed by atoms with Crippen molar-refractivity contribution in [2.45, 2.75) is 12.2 Å². The molecule has 1 nitrogen and oxygen atoms in total. The SMILES string of the molecule is CNC(c1ccccc1)c1cc(F)ccc1C(F)(F)F. The van der Waals surface area contributed by atoms with Gasteiger partial charge in [0.1, 0.15) is 5.82 Å². The summed E-state index contributed by atoms with van der Waals surface area (Å²) in [6.07, 6.45) is -4.52. The van der Waals surface area contributed by atoms with Crippen molar-refractivity contribution in [2.24, 2.45) is 0 Å². The molecule has 1 N–H and O–H groups in total. The summed E-state index contributed by atoms with van der Waals surface area (Å²) >= 11 is 0. The maximum absolute atomic E-state index is 13.4. The first-order chi connectivity index (χ1) is 9.43. The van der Waals surface area contributed by atoms with Crippen LogP contribution >= 0.6 is 0 Å². The summed E-state index contributed by atoms with van der Waals surface area (Å²) < 4.78 is 52.5. The Balaban J connectivity index is 2.57. The fourth-order valence-electron chi connectivity index (χ4n) is 2.18. The molecule has 5 heteroatoms. The second kappa shape index (κ2) is 5.63. The van der Waals surface area contributed by atoms with E-state index in [1.165, 1.54) is 0 Å². The summed E-state index contributed by atoms with van der Waals surface area (Å²) in [5, 5.41) is 2.81. The van der Waals surface area contributed by atoms with Crippen molar-refractivity contribution in [3.63, 3.8) is 0 Å². The van der Waals surface area contributed by atoms with E-state index in [-0.39, 0.29) is 5.56 Å². The van der Waals surface area contributed by atoms with Crippen molar-refractivity contribution in [3.8, 4) is 0 Å². The number of nitrogens with one attached hydrogen (secondary N) is 1. The van der Waals surface area contributed by atoms with E-state index in [1.54, 1.807) is 37.4 Å². The predicted octanol–water partition coefficient (Wildman–Crippen LogP) is 4.15. The molecule has 20 heavy (non-hydrogen) atoms. The van der Waals surface area contributed by atoms with Crippen LogP contribution in [0.15, 0.2) is 48.5 Å². The van der Waals surface area contributed by atoms with Crippen LogP contribution in [0.1, 0.15) is 22.7 Å². The molecule has 0 radical (unpaired) electrons. The molecule has 2 aromatic carbocycles. The minimum absolute atomic E-state index is 0.119. The average Bonchev–Trinajstić information content (AvgIpc) is 2.39. The first-order valence-corrected chi connectivity index (χ1v) is 6.02. The minimum atomic E-state index is -4.52. The van der Waals surface area contributed by atoms with Gasteiger partial charge in [0.25, 0.3) is 0 Å². The lowest BCUT2D eigenvalue weighted by molar-refractivity contribution is -0.138. The van der Waals surface area contributed by atoms with Crippen molar-refractivity contribution in [2.75, 3.05) is 7.05 Å². The monoisotopic (exact) mass is 283 g/mol. The van der Waals surface area contributed by atoms with Gasteiger partial charge in [0, 0.05) is 0 Å². The van der Waals surface area contributed by atoms with E-state index in [4.69, 9.17) is 0 Å². The smallest absolute Gasteiger partial charge is 0.309 e. The Morgan fingerprint density at radius 2 is 1.65 bits per heavy atom. The number of benzene rings is 2. The highest BCUT2D eigenvalue weighted by molar-refractivity contribution is 5.39. The van der Waals surface area contributed by atoms with Crippen molar-refractivity contribution in [1.82, 2.24) is 5.32 Å². The van der Waals surface area contributed by atoms with Crippen LogP contribution in [-0.4, -0.2) is 7.05 Å². The topological polar surface area (TPSA) is 12.0 Å². The molecule has 0 bridgehead atoms. The Hall–Kier alpha value is -1.88. The van der Waals surface area contributed by atoms with Crippen LogP contribution in [0, 0.1) is 5.82 Å². The first-order valence-electron chi connectivity index (χ1n) is 6.02. The average molecular weight is 283 g/mol. The van der Waals surface area contributed by atoms with Gasteiger partial charge < -0.3 is 5.32 Å². The lowest BCUT2D eigenvalue weighted by Crippen LogP contribution is -2.22. The summed E-state index contributed by atoms with van der Waals surface area (Å²) in [4.78, 5) is 0. The van der Waals surface area contributed by atoms with E-state index in [0.717, 1.165) is 18.2 Å². The highest BCUT2D eigenvalue weighted by atomic mass is 19.4. The van der Waals surface area contributed by atoms with Crippen molar-refractivity contribution < 1.29 is 17.6 Å². The zero-order valence-electron chi connectivity index (χ0n) is 10.7. The largest absolute Gasteiger partial charge is 0.416 e. The normalized spacial score (nSPS) is 13.2. The van der Waals surface area contributed by atoms with Crippen LogP contribution in [0.4, 0.5) is 17.6 Å². The second-order valence-electron chi connectivity index (χ2n) is 4.36. The van der Waals surface area contributed by atoms with Crippen molar-refractivity contribution in [1.29, 1.82) is 0 Å². The molecule has 0 aliphatic carbocycles. The van der Waals surface area contributed by atoms with Gasteiger partial charge in [0.05, 0.1) is 11.6 Å². The molecular formula is C15H13F4N. The lowest BCUT2D eigenvalue weighted by atomic mass is 9.94. The molecule has 0 fully saturated rings. The summed E-state index contributed by atoms with van der Waals surface area (Å²) in [6.45, 7) is 0. The summed E-state index contributed by atoms with van der Waals surface area (Å²) in [5.41, 5.74) is -0.306. The molecule has 2 aromatic rings. The van der Waals surface area contributed by atoms with Gasteiger partial charge in [0.15, 0.2) is 0 Å². The quantitative estimate of drug-likeness (QED) is 0.834. The number of halogens is 4. The van der Waals surface area contributed by atoms with Gasteiger partial charge in [-0.3, -0.25) is 0 Å². The molecule has 0 saturated carbocycles. The third-order valence-electron chi connectivity index (χ3n) is 3.05. The van der Waals surface area contributed by atoms with Crippen LogP contribution in [0.25, 0.3) is 0 Å². The maximum Gasteiger partial charge on any atom is 0.416 e. The standard InChI is InChI=1S/C15H13F4N/c1-20-14(10-5-3-2-4-6-10)12-9-11(16)7-8-13(12)15(17,18)19/h2-9,14,20H,1H3. The molecule has 1 atom stereocenters. The van der Waals surface area contributed by atoms with Gasteiger partial charge in [-0.15, -0.1) is 0 Å². The maximum atomic E-state index is 13.4. The van der Waals surface area contributed by atoms with Crippen LogP contribution in [0.5, 0.6) is 0 Å².